The number of amides is 2. The third kappa shape index (κ3) is 4.69. The summed E-state index contributed by atoms with van der Waals surface area (Å²) >= 11 is 0. The number of nitrogens with two attached hydrogens (primary N) is 1. The summed E-state index contributed by atoms with van der Waals surface area (Å²) in [5, 5.41) is 9.35. The van der Waals surface area contributed by atoms with Gasteiger partial charge in [0.1, 0.15) is 11.6 Å². The molecule has 2 rings (SSSR count). The second-order valence-corrected chi connectivity index (χ2v) is 6.12. The zero-order chi connectivity index (χ0) is 17.5. The van der Waals surface area contributed by atoms with Crippen LogP contribution in [-0.2, 0) is 9.59 Å². The van der Waals surface area contributed by atoms with Crippen molar-refractivity contribution in [2.75, 3.05) is 65.4 Å². The van der Waals surface area contributed by atoms with Gasteiger partial charge in [-0.25, -0.2) is 0 Å². The van der Waals surface area contributed by atoms with Crippen LogP contribution >= 0.6 is 0 Å². The van der Waals surface area contributed by atoms with E-state index in [1.165, 1.54) is 0 Å². The van der Waals surface area contributed by atoms with Crippen molar-refractivity contribution in [2.45, 2.75) is 6.92 Å². The molecule has 8 heteroatoms. The topological polar surface area (TPSA) is 96.9 Å². The van der Waals surface area contributed by atoms with Crippen LogP contribution in [0.15, 0.2) is 11.8 Å². The molecule has 2 amide bonds. The van der Waals surface area contributed by atoms with Gasteiger partial charge >= 0.3 is 0 Å². The largest absolute Gasteiger partial charge is 0.373 e. The Morgan fingerprint density at radius 2 is 1.62 bits per heavy atom. The molecule has 0 radical (unpaired) electrons. The van der Waals surface area contributed by atoms with E-state index in [9.17, 15) is 14.9 Å². The molecule has 0 bridgehead atoms. The molecule has 0 atom stereocenters. The number of carbonyl (C=O) groups excluding carboxylic acids is 2. The maximum absolute atomic E-state index is 12.5. The van der Waals surface area contributed by atoms with Crippen LogP contribution in [0.5, 0.6) is 0 Å². The first kappa shape index (κ1) is 18.2. The van der Waals surface area contributed by atoms with E-state index in [0.29, 0.717) is 45.8 Å². The molecule has 0 aromatic carbocycles. The van der Waals surface area contributed by atoms with Crippen LogP contribution in [0, 0.1) is 11.3 Å². The predicted molar refractivity (Wildman–Crippen MR) is 89.6 cm³/mol. The van der Waals surface area contributed by atoms with E-state index in [2.05, 4.69) is 4.90 Å². The van der Waals surface area contributed by atoms with Crippen molar-refractivity contribution in [3.8, 4) is 6.07 Å². The molecule has 2 aliphatic rings. The normalized spacial score (nSPS) is 20.0. The second kappa shape index (κ2) is 8.66. The minimum Gasteiger partial charge on any atom is -0.373 e. The lowest BCUT2D eigenvalue weighted by molar-refractivity contribution is -0.130. The first-order chi connectivity index (χ1) is 11.5. The van der Waals surface area contributed by atoms with Gasteiger partial charge in [0.2, 0.25) is 5.91 Å². The van der Waals surface area contributed by atoms with Crippen molar-refractivity contribution >= 4 is 11.8 Å². The fraction of sp³-hybridized carbons (Fsp3) is 0.688. The van der Waals surface area contributed by atoms with Crippen molar-refractivity contribution < 1.29 is 9.59 Å². The standard InChI is InChI=1S/C16H26N6O2/c1-14(23)21-8-6-20(7-9-21)13-15(12-18)16(24)22-10-4-19(3-2-17)5-11-22/h13H,2-11,17H2,1H3/b15-13-. The van der Waals surface area contributed by atoms with Gasteiger partial charge in [0.05, 0.1) is 0 Å². The van der Waals surface area contributed by atoms with E-state index in [0.717, 1.165) is 19.6 Å². The van der Waals surface area contributed by atoms with Crippen molar-refractivity contribution in [3.05, 3.63) is 11.8 Å². The number of hydrogen-bond acceptors (Lipinski definition) is 6. The molecule has 0 aliphatic carbocycles. The summed E-state index contributed by atoms with van der Waals surface area (Å²) in [5.74, 6) is -0.149. The highest BCUT2D eigenvalue weighted by Gasteiger charge is 2.24. The Hall–Kier alpha value is -2.11. The molecule has 2 aliphatic heterocycles. The fourth-order valence-electron chi connectivity index (χ4n) is 3.01. The van der Waals surface area contributed by atoms with E-state index < -0.39 is 0 Å². The van der Waals surface area contributed by atoms with Gasteiger partial charge in [0.25, 0.3) is 5.91 Å². The highest BCUT2D eigenvalue weighted by atomic mass is 16.2. The smallest absolute Gasteiger partial charge is 0.266 e. The third-order valence-electron chi connectivity index (χ3n) is 4.53. The van der Waals surface area contributed by atoms with Gasteiger partial charge in [0.15, 0.2) is 0 Å². The summed E-state index contributed by atoms with van der Waals surface area (Å²) < 4.78 is 0. The summed E-state index contributed by atoms with van der Waals surface area (Å²) in [6, 6.07) is 2.03. The van der Waals surface area contributed by atoms with Crippen LogP contribution < -0.4 is 5.73 Å². The first-order valence-electron chi connectivity index (χ1n) is 8.38. The lowest BCUT2D eigenvalue weighted by atomic mass is 10.2. The monoisotopic (exact) mass is 334 g/mol. The van der Waals surface area contributed by atoms with Gasteiger partial charge in [-0.15, -0.1) is 0 Å². The molecular formula is C16H26N6O2. The number of hydrogen-bond donors (Lipinski definition) is 1. The SMILES string of the molecule is CC(=O)N1CCN(/C=C(/C#N)C(=O)N2CCN(CCN)CC2)CC1. The van der Waals surface area contributed by atoms with Crippen molar-refractivity contribution in [2.24, 2.45) is 5.73 Å². The highest BCUT2D eigenvalue weighted by Crippen LogP contribution is 2.10. The summed E-state index contributed by atoms with van der Waals surface area (Å²) in [6.45, 7) is 8.36. The molecule has 0 saturated carbocycles. The molecule has 2 fully saturated rings. The Morgan fingerprint density at radius 1 is 1.04 bits per heavy atom. The molecule has 0 spiro atoms. The quantitative estimate of drug-likeness (QED) is 0.505. The summed E-state index contributed by atoms with van der Waals surface area (Å²) in [7, 11) is 0. The molecule has 24 heavy (non-hydrogen) atoms. The Morgan fingerprint density at radius 3 is 2.12 bits per heavy atom. The molecule has 0 unspecified atom stereocenters. The minimum absolute atomic E-state index is 0.0607. The van der Waals surface area contributed by atoms with Gasteiger partial charge in [-0.2, -0.15) is 5.26 Å². The lowest BCUT2D eigenvalue weighted by Gasteiger charge is -2.35. The Kier molecular flexibility index (Phi) is 6.58. The van der Waals surface area contributed by atoms with Gasteiger partial charge in [0, 0.05) is 78.6 Å². The second-order valence-electron chi connectivity index (χ2n) is 6.12. The molecular weight excluding hydrogens is 308 g/mol. The van der Waals surface area contributed by atoms with E-state index in [1.807, 2.05) is 11.0 Å². The zero-order valence-electron chi connectivity index (χ0n) is 14.3. The summed E-state index contributed by atoms with van der Waals surface area (Å²) in [5.41, 5.74) is 5.72. The molecule has 132 valence electrons. The van der Waals surface area contributed by atoms with E-state index in [-0.39, 0.29) is 17.4 Å². The third-order valence-corrected chi connectivity index (χ3v) is 4.53. The Balaban J connectivity index is 1.90. The van der Waals surface area contributed by atoms with Crippen LogP contribution in [0.1, 0.15) is 6.92 Å². The fourth-order valence-corrected chi connectivity index (χ4v) is 3.01. The average Bonchev–Trinajstić information content (AvgIpc) is 2.60. The van der Waals surface area contributed by atoms with E-state index in [1.54, 1.807) is 22.9 Å². The predicted octanol–water partition coefficient (Wildman–Crippen LogP) is -1.34. The van der Waals surface area contributed by atoms with Gasteiger partial charge in [-0.05, 0) is 0 Å². The molecule has 2 heterocycles. The first-order valence-corrected chi connectivity index (χ1v) is 8.38. The molecule has 0 aromatic heterocycles. The Labute approximate surface area is 143 Å². The number of nitrogens with zero attached hydrogens (tertiary/aromatic N) is 5. The molecule has 0 aromatic rings. The van der Waals surface area contributed by atoms with Crippen LogP contribution in [-0.4, -0.2) is 96.9 Å². The molecule has 2 saturated heterocycles. The number of nitriles is 1. The number of piperazine rings is 2. The molecule has 8 nitrogen and oxygen atoms in total. The molecule has 2 N–H and O–H groups in total. The van der Waals surface area contributed by atoms with Crippen LogP contribution in [0.3, 0.4) is 0 Å². The van der Waals surface area contributed by atoms with Crippen LogP contribution in [0.25, 0.3) is 0 Å². The van der Waals surface area contributed by atoms with Crippen molar-refractivity contribution in [3.63, 3.8) is 0 Å². The van der Waals surface area contributed by atoms with Crippen LogP contribution in [0.2, 0.25) is 0 Å². The maximum Gasteiger partial charge on any atom is 0.266 e. The van der Waals surface area contributed by atoms with Gasteiger partial charge in [-0.1, -0.05) is 0 Å². The summed E-state index contributed by atoms with van der Waals surface area (Å²) in [6.07, 6.45) is 1.64. The highest BCUT2D eigenvalue weighted by molar-refractivity contribution is 5.97. The maximum atomic E-state index is 12.5. The van der Waals surface area contributed by atoms with Crippen LogP contribution in [0.4, 0.5) is 0 Å². The Bertz CT molecular complexity index is 525. The van der Waals surface area contributed by atoms with E-state index >= 15 is 0 Å². The summed E-state index contributed by atoms with van der Waals surface area (Å²) in [4.78, 5) is 31.6. The number of carbonyl (C=O) groups is 2. The average molecular weight is 334 g/mol. The lowest BCUT2D eigenvalue weighted by Crippen LogP contribution is -2.50. The minimum atomic E-state index is -0.209. The van der Waals surface area contributed by atoms with Crippen molar-refractivity contribution in [1.29, 1.82) is 5.26 Å². The van der Waals surface area contributed by atoms with Gasteiger partial charge in [-0.3, -0.25) is 14.5 Å². The van der Waals surface area contributed by atoms with Crippen molar-refractivity contribution in [1.82, 2.24) is 19.6 Å². The number of rotatable bonds is 4. The zero-order valence-corrected chi connectivity index (χ0v) is 14.3. The van der Waals surface area contributed by atoms with E-state index in [4.69, 9.17) is 5.73 Å². The van der Waals surface area contributed by atoms with Gasteiger partial charge < -0.3 is 20.4 Å².